The van der Waals surface area contributed by atoms with Crippen LogP contribution in [0.25, 0.3) is 0 Å². The fourth-order valence-electron chi connectivity index (χ4n) is 3.26. The van der Waals surface area contributed by atoms with Gasteiger partial charge in [-0.2, -0.15) is 0 Å². The molecule has 24 heavy (non-hydrogen) atoms. The molecule has 126 valence electrons. The molecule has 1 aromatic heterocycles. The van der Waals surface area contributed by atoms with E-state index in [1.54, 1.807) is 4.90 Å². The molecule has 1 amide bonds. The Balaban J connectivity index is 2.23. The smallest absolute Gasteiger partial charge is 0.233 e. The second-order valence-corrected chi connectivity index (χ2v) is 6.98. The monoisotopic (exact) mass is 388 g/mol. The number of amides is 1. The zero-order chi connectivity index (χ0) is 17.4. The summed E-state index contributed by atoms with van der Waals surface area (Å²) in [5.74, 6) is 2.29. The van der Waals surface area contributed by atoms with Crippen LogP contribution in [0, 0.1) is 20.8 Å². The van der Waals surface area contributed by atoms with E-state index in [0.717, 1.165) is 39.2 Å². The van der Waals surface area contributed by atoms with E-state index >= 15 is 0 Å². The van der Waals surface area contributed by atoms with Gasteiger partial charge >= 0.3 is 0 Å². The summed E-state index contributed by atoms with van der Waals surface area (Å²) < 4.78 is 1.01. The summed E-state index contributed by atoms with van der Waals surface area (Å²) >= 11 is 3.52. The Hall–Kier alpha value is -1.95. The lowest BCUT2D eigenvalue weighted by Crippen LogP contribution is -2.34. The van der Waals surface area contributed by atoms with E-state index in [-0.39, 0.29) is 5.91 Å². The highest BCUT2D eigenvalue weighted by molar-refractivity contribution is 9.10. The first-order valence-corrected chi connectivity index (χ1v) is 8.92. The highest BCUT2D eigenvalue weighted by Gasteiger charge is 2.31. The summed E-state index contributed by atoms with van der Waals surface area (Å²) in [7, 11) is 0. The van der Waals surface area contributed by atoms with Crippen LogP contribution in [-0.2, 0) is 11.2 Å². The van der Waals surface area contributed by atoms with Crippen molar-refractivity contribution in [2.45, 2.75) is 40.5 Å². The van der Waals surface area contributed by atoms with Crippen LogP contribution in [0.2, 0.25) is 0 Å². The second-order valence-electron chi connectivity index (χ2n) is 6.07. The van der Waals surface area contributed by atoms with Crippen LogP contribution in [0.4, 0.5) is 17.3 Å². The van der Waals surface area contributed by atoms with Gasteiger partial charge in [0, 0.05) is 23.0 Å². The van der Waals surface area contributed by atoms with Gasteiger partial charge in [-0.1, -0.05) is 15.9 Å². The number of anilines is 3. The number of halogens is 1. The fourth-order valence-corrected chi connectivity index (χ4v) is 3.94. The molecule has 0 spiro atoms. The van der Waals surface area contributed by atoms with Gasteiger partial charge in [-0.25, -0.2) is 9.97 Å². The SMILES string of the molecule is CCNc1nc(C)nc2c1CCC(=O)N2c1c(C)cc(Br)cc1C. The summed E-state index contributed by atoms with van der Waals surface area (Å²) in [6, 6.07) is 4.06. The minimum atomic E-state index is 0.0802. The number of hydrogen-bond donors (Lipinski definition) is 1. The van der Waals surface area contributed by atoms with Crippen LogP contribution in [-0.4, -0.2) is 22.4 Å². The molecular formula is C18H21BrN4O. The third kappa shape index (κ3) is 2.90. The van der Waals surface area contributed by atoms with Gasteiger partial charge in [0.2, 0.25) is 5.91 Å². The van der Waals surface area contributed by atoms with Crippen LogP contribution >= 0.6 is 15.9 Å². The van der Waals surface area contributed by atoms with Crippen molar-refractivity contribution in [3.63, 3.8) is 0 Å². The quantitative estimate of drug-likeness (QED) is 0.855. The number of aromatic nitrogens is 2. The molecule has 3 rings (SSSR count). The molecule has 6 heteroatoms. The fraction of sp³-hybridized carbons (Fsp3) is 0.389. The summed E-state index contributed by atoms with van der Waals surface area (Å²) in [4.78, 5) is 23.7. The third-order valence-electron chi connectivity index (χ3n) is 4.17. The lowest BCUT2D eigenvalue weighted by molar-refractivity contribution is -0.118. The van der Waals surface area contributed by atoms with Crippen molar-refractivity contribution in [1.82, 2.24) is 9.97 Å². The number of fused-ring (bicyclic) bond motifs is 1. The van der Waals surface area contributed by atoms with Gasteiger partial charge in [-0.05, 0) is 57.4 Å². The molecular weight excluding hydrogens is 368 g/mol. The van der Waals surface area contributed by atoms with Gasteiger partial charge in [0.05, 0.1) is 5.69 Å². The van der Waals surface area contributed by atoms with Gasteiger partial charge in [-0.15, -0.1) is 0 Å². The predicted octanol–water partition coefficient (Wildman–Crippen LogP) is 4.21. The molecule has 1 aliphatic rings. The lowest BCUT2D eigenvalue weighted by atomic mass is 10.0. The summed E-state index contributed by atoms with van der Waals surface area (Å²) in [6.07, 6.45) is 1.13. The normalized spacial score (nSPS) is 13.9. The van der Waals surface area contributed by atoms with E-state index in [2.05, 4.69) is 31.2 Å². The number of nitrogens with one attached hydrogen (secondary N) is 1. The molecule has 0 unspecified atom stereocenters. The van der Waals surface area contributed by atoms with Crippen LogP contribution in [0.15, 0.2) is 16.6 Å². The number of benzene rings is 1. The van der Waals surface area contributed by atoms with Crippen molar-refractivity contribution >= 4 is 39.2 Å². The number of hydrogen-bond acceptors (Lipinski definition) is 4. The maximum absolute atomic E-state index is 12.8. The Labute approximate surface area is 150 Å². The van der Waals surface area contributed by atoms with E-state index in [1.807, 2.05) is 39.8 Å². The summed E-state index contributed by atoms with van der Waals surface area (Å²) in [5.41, 5.74) is 4.03. The van der Waals surface area contributed by atoms with Gasteiger partial charge in [0.15, 0.2) is 0 Å². The van der Waals surface area contributed by atoms with Crippen molar-refractivity contribution in [3.05, 3.63) is 39.1 Å². The molecule has 1 N–H and O–H groups in total. The second kappa shape index (κ2) is 6.51. The highest BCUT2D eigenvalue weighted by Crippen LogP contribution is 2.39. The van der Waals surface area contributed by atoms with E-state index in [4.69, 9.17) is 0 Å². The minimum absolute atomic E-state index is 0.0802. The van der Waals surface area contributed by atoms with E-state index in [0.29, 0.717) is 24.5 Å². The number of nitrogens with zero attached hydrogens (tertiary/aromatic N) is 3. The Bertz CT molecular complexity index is 796. The van der Waals surface area contributed by atoms with Gasteiger partial charge < -0.3 is 5.32 Å². The van der Waals surface area contributed by atoms with Crippen molar-refractivity contribution in [3.8, 4) is 0 Å². The molecule has 0 bridgehead atoms. The zero-order valence-electron chi connectivity index (χ0n) is 14.4. The largest absolute Gasteiger partial charge is 0.370 e. The Morgan fingerprint density at radius 2 is 1.83 bits per heavy atom. The molecule has 0 saturated carbocycles. The van der Waals surface area contributed by atoms with Crippen molar-refractivity contribution in [2.75, 3.05) is 16.8 Å². The standard InChI is InChI=1S/C18H21BrN4O/c1-5-20-17-14-6-7-15(24)23(18(14)22-12(4)21-17)16-10(2)8-13(19)9-11(16)3/h8-9H,5-7H2,1-4H3,(H,20,21,22). The van der Waals surface area contributed by atoms with E-state index < -0.39 is 0 Å². The first kappa shape index (κ1) is 16.9. The van der Waals surface area contributed by atoms with Crippen LogP contribution in [0.5, 0.6) is 0 Å². The number of carbonyl (C=O) groups excluding carboxylic acids is 1. The predicted molar refractivity (Wildman–Crippen MR) is 100 cm³/mol. The molecule has 0 aliphatic carbocycles. The molecule has 0 fully saturated rings. The molecule has 0 atom stereocenters. The Morgan fingerprint density at radius 3 is 2.46 bits per heavy atom. The van der Waals surface area contributed by atoms with Crippen LogP contribution in [0.1, 0.15) is 35.9 Å². The van der Waals surface area contributed by atoms with E-state index in [9.17, 15) is 4.79 Å². The Kier molecular flexibility index (Phi) is 4.58. The number of rotatable bonds is 3. The molecule has 5 nitrogen and oxygen atoms in total. The van der Waals surface area contributed by atoms with Crippen molar-refractivity contribution < 1.29 is 4.79 Å². The Morgan fingerprint density at radius 1 is 1.17 bits per heavy atom. The molecule has 1 aliphatic heterocycles. The van der Waals surface area contributed by atoms with Crippen LogP contribution < -0.4 is 10.2 Å². The molecule has 2 heterocycles. The zero-order valence-corrected chi connectivity index (χ0v) is 16.0. The van der Waals surface area contributed by atoms with E-state index in [1.165, 1.54) is 0 Å². The average molecular weight is 389 g/mol. The van der Waals surface area contributed by atoms with Crippen molar-refractivity contribution in [2.24, 2.45) is 0 Å². The first-order chi connectivity index (χ1) is 11.4. The van der Waals surface area contributed by atoms with Crippen LogP contribution in [0.3, 0.4) is 0 Å². The summed E-state index contributed by atoms with van der Waals surface area (Å²) in [6.45, 7) is 8.73. The summed E-state index contributed by atoms with van der Waals surface area (Å²) in [5, 5.41) is 3.31. The third-order valence-corrected chi connectivity index (χ3v) is 4.63. The maximum atomic E-state index is 12.8. The highest BCUT2D eigenvalue weighted by atomic mass is 79.9. The van der Waals surface area contributed by atoms with Crippen molar-refractivity contribution in [1.29, 1.82) is 0 Å². The number of aryl methyl sites for hydroxylation is 3. The first-order valence-electron chi connectivity index (χ1n) is 8.13. The van der Waals surface area contributed by atoms with Gasteiger partial charge in [-0.3, -0.25) is 9.69 Å². The molecule has 0 radical (unpaired) electrons. The topological polar surface area (TPSA) is 58.1 Å². The lowest BCUT2D eigenvalue weighted by Gasteiger charge is -2.31. The maximum Gasteiger partial charge on any atom is 0.233 e. The van der Waals surface area contributed by atoms with Gasteiger partial charge in [0.25, 0.3) is 0 Å². The average Bonchev–Trinajstić information content (AvgIpc) is 2.48. The van der Waals surface area contributed by atoms with Gasteiger partial charge in [0.1, 0.15) is 17.5 Å². The molecule has 1 aromatic carbocycles. The molecule has 0 saturated heterocycles. The number of carbonyl (C=O) groups is 1. The molecule has 2 aromatic rings. The minimum Gasteiger partial charge on any atom is -0.370 e.